The van der Waals surface area contributed by atoms with E-state index >= 15 is 0 Å². The molecule has 0 bridgehead atoms. The molecule has 0 aromatic heterocycles. The number of hydrogen-bond acceptors (Lipinski definition) is 4. The molecule has 144 valence electrons. The lowest BCUT2D eigenvalue weighted by molar-refractivity contribution is 0.00121. The molecule has 0 heterocycles. The van der Waals surface area contributed by atoms with Crippen molar-refractivity contribution in [2.24, 2.45) is 5.16 Å². The maximum Gasteiger partial charge on any atom is 0.129 e. The van der Waals surface area contributed by atoms with E-state index < -0.39 is 0 Å². The van der Waals surface area contributed by atoms with Gasteiger partial charge in [0.25, 0.3) is 0 Å². The maximum absolute atomic E-state index is 5.98. The summed E-state index contributed by atoms with van der Waals surface area (Å²) in [5.41, 5.74) is 5.12. The number of ether oxygens (including phenoxy) is 1. The predicted octanol–water partition coefficient (Wildman–Crippen LogP) is 5.00. The van der Waals surface area contributed by atoms with Crippen LogP contribution in [0.3, 0.4) is 0 Å². The van der Waals surface area contributed by atoms with Crippen LogP contribution in [0.15, 0.2) is 47.6 Å². The highest BCUT2D eigenvalue weighted by Crippen LogP contribution is 2.39. The second-order valence-electron chi connectivity index (χ2n) is 7.81. The van der Waals surface area contributed by atoms with Crippen molar-refractivity contribution in [1.29, 1.82) is 0 Å². The SMILES string of the molecule is CCNCCCCOc1ccc2c(c1)/C(=N\OC(C)(C)C)c1ccccc1-2. The van der Waals surface area contributed by atoms with Gasteiger partial charge in [0.15, 0.2) is 0 Å². The van der Waals surface area contributed by atoms with Crippen molar-refractivity contribution in [1.82, 2.24) is 5.32 Å². The van der Waals surface area contributed by atoms with Gasteiger partial charge < -0.3 is 14.9 Å². The molecule has 1 aliphatic carbocycles. The molecule has 0 atom stereocenters. The Morgan fingerprint density at radius 3 is 2.41 bits per heavy atom. The molecule has 0 spiro atoms. The van der Waals surface area contributed by atoms with Crippen molar-refractivity contribution in [3.05, 3.63) is 53.6 Å². The number of hydrogen-bond donors (Lipinski definition) is 1. The summed E-state index contributed by atoms with van der Waals surface area (Å²) < 4.78 is 5.98. The first kappa shape index (κ1) is 19.4. The first-order chi connectivity index (χ1) is 13.0. The molecule has 0 unspecified atom stereocenters. The fourth-order valence-corrected chi connectivity index (χ4v) is 3.11. The van der Waals surface area contributed by atoms with Gasteiger partial charge in [-0.1, -0.05) is 36.3 Å². The molecule has 1 aliphatic rings. The zero-order valence-corrected chi connectivity index (χ0v) is 16.8. The van der Waals surface area contributed by atoms with E-state index in [0.29, 0.717) is 0 Å². The van der Waals surface area contributed by atoms with Crippen LogP contribution in [-0.2, 0) is 4.84 Å². The first-order valence-electron chi connectivity index (χ1n) is 9.83. The van der Waals surface area contributed by atoms with E-state index in [0.717, 1.165) is 55.1 Å². The average Bonchev–Trinajstić information content (AvgIpc) is 2.95. The van der Waals surface area contributed by atoms with Crippen LogP contribution in [0, 0.1) is 0 Å². The second kappa shape index (κ2) is 8.57. The number of fused-ring (bicyclic) bond motifs is 3. The van der Waals surface area contributed by atoms with Gasteiger partial charge in [0.2, 0.25) is 0 Å². The number of rotatable bonds is 8. The topological polar surface area (TPSA) is 42.8 Å². The van der Waals surface area contributed by atoms with E-state index in [1.165, 1.54) is 11.1 Å². The molecule has 3 rings (SSSR count). The van der Waals surface area contributed by atoms with Crippen LogP contribution in [-0.4, -0.2) is 31.0 Å². The van der Waals surface area contributed by atoms with E-state index in [1.807, 2.05) is 32.9 Å². The minimum atomic E-state index is -0.328. The van der Waals surface area contributed by atoms with Crippen molar-refractivity contribution in [2.75, 3.05) is 19.7 Å². The Labute approximate surface area is 162 Å². The van der Waals surface area contributed by atoms with Crippen molar-refractivity contribution < 1.29 is 9.57 Å². The van der Waals surface area contributed by atoms with E-state index in [2.05, 4.69) is 47.7 Å². The summed E-state index contributed by atoms with van der Waals surface area (Å²) in [7, 11) is 0. The van der Waals surface area contributed by atoms with Crippen molar-refractivity contribution >= 4 is 5.71 Å². The third-order valence-electron chi connectivity index (χ3n) is 4.40. The van der Waals surface area contributed by atoms with Crippen LogP contribution >= 0.6 is 0 Å². The normalized spacial score (nSPS) is 14.1. The molecular weight excluding hydrogens is 336 g/mol. The largest absolute Gasteiger partial charge is 0.494 e. The number of benzene rings is 2. The molecule has 4 nitrogen and oxygen atoms in total. The minimum Gasteiger partial charge on any atom is -0.494 e. The molecule has 0 radical (unpaired) electrons. The highest BCUT2D eigenvalue weighted by atomic mass is 16.6. The molecular formula is C23H30N2O2. The molecule has 0 saturated carbocycles. The Kier molecular flexibility index (Phi) is 6.17. The van der Waals surface area contributed by atoms with Crippen molar-refractivity contribution in [3.63, 3.8) is 0 Å². The molecule has 0 amide bonds. The van der Waals surface area contributed by atoms with E-state index in [1.54, 1.807) is 0 Å². The molecule has 4 heteroatoms. The molecule has 0 aliphatic heterocycles. The van der Waals surface area contributed by atoms with Gasteiger partial charge in [0.1, 0.15) is 17.1 Å². The van der Waals surface area contributed by atoms with Crippen LogP contribution < -0.4 is 10.1 Å². The standard InChI is InChI=1S/C23H30N2O2/c1-5-24-14-8-9-15-26-17-12-13-19-18-10-6-7-11-20(18)22(21(19)16-17)25-27-23(2,3)4/h6-7,10-13,16,24H,5,8-9,14-15H2,1-4H3/b25-22-. The summed E-state index contributed by atoms with van der Waals surface area (Å²) in [6.07, 6.45) is 2.16. The minimum absolute atomic E-state index is 0.328. The van der Waals surface area contributed by atoms with Gasteiger partial charge in [-0.2, -0.15) is 0 Å². The third kappa shape index (κ3) is 4.89. The van der Waals surface area contributed by atoms with E-state index in [4.69, 9.17) is 9.57 Å². The zero-order chi connectivity index (χ0) is 19.3. The van der Waals surface area contributed by atoms with Crippen LogP contribution in [0.25, 0.3) is 11.1 Å². The third-order valence-corrected chi connectivity index (χ3v) is 4.40. The maximum atomic E-state index is 5.98. The lowest BCUT2D eigenvalue weighted by Crippen LogP contribution is -2.17. The second-order valence-corrected chi connectivity index (χ2v) is 7.81. The Bertz CT molecular complexity index is 806. The van der Waals surface area contributed by atoms with Gasteiger partial charge in [-0.25, -0.2) is 0 Å². The summed E-state index contributed by atoms with van der Waals surface area (Å²) >= 11 is 0. The first-order valence-corrected chi connectivity index (χ1v) is 9.83. The predicted molar refractivity (Wildman–Crippen MR) is 112 cm³/mol. The van der Waals surface area contributed by atoms with Crippen LogP contribution in [0.4, 0.5) is 0 Å². The fraction of sp³-hybridized carbons (Fsp3) is 0.435. The molecule has 27 heavy (non-hydrogen) atoms. The summed E-state index contributed by atoms with van der Waals surface area (Å²) in [6, 6.07) is 14.6. The lowest BCUT2D eigenvalue weighted by Gasteiger charge is -2.16. The zero-order valence-electron chi connectivity index (χ0n) is 16.8. The summed E-state index contributed by atoms with van der Waals surface area (Å²) in [4.78, 5) is 5.74. The Morgan fingerprint density at radius 1 is 0.926 bits per heavy atom. The van der Waals surface area contributed by atoms with Gasteiger partial charge in [-0.15, -0.1) is 0 Å². The molecule has 2 aromatic carbocycles. The molecule has 0 fully saturated rings. The quantitative estimate of drug-likeness (QED) is 0.450. The Balaban J connectivity index is 1.78. The lowest BCUT2D eigenvalue weighted by atomic mass is 10.1. The van der Waals surface area contributed by atoms with Crippen LogP contribution in [0.1, 0.15) is 51.7 Å². The average molecular weight is 367 g/mol. The highest BCUT2D eigenvalue weighted by molar-refractivity contribution is 6.24. The highest BCUT2D eigenvalue weighted by Gasteiger charge is 2.26. The summed E-state index contributed by atoms with van der Waals surface area (Å²) in [5.74, 6) is 0.883. The van der Waals surface area contributed by atoms with Crippen LogP contribution in [0.5, 0.6) is 5.75 Å². The monoisotopic (exact) mass is 366 g/mol. The van der Waals surface area contributed by atoms with E-state index in [-0.39, 0.29) is 5.60 Å². The molecule has 1 N–H and O–H groups in total. The molecule has 0 saturated heterocycles. The Morgan fingerprint density at radius 2 is 1.67 bits per heavy atom. The van der Waals surface area contributed by atoms with Gasteiger partial charge >= 0.3 is 0 Å². The van der Waals surface area contributed by atoms with Gasteiger partial charge in [-0.3, -0.25) is 0 Å². The van der Waals surface area contributed by atoms with Crippen molar-refractivity contribution in [3.8, 4) is 16.9 Å². The number of nitrogens with one attached hydrogen (secondary N) is 1. The number of oxime groups is 1. The Hall–Kier alpha value is -2.33. The van der Waals surface area contributed by atoms with Crippen molar-refractivity contribution in [2.45, 2.75) is 46.1 Å². The van der Waals surface area contributed by atoms with Gasteiger partial charge in [0.05, 0.1) is 6.61 Å². The van der Waals surface area contributed by atoms with E-state index in [9.17, 15) is 0 Å². The van der Waals surface area contributed by atoms with Crippen LogP contribution in [0.2, 0.25) is 0 Å². The summed E-state index contributed by atoms with van der Waals surface area (Å²) in [6.45, 7) is 10.9. The number of unbranched alkanes of at least 4 members (excludes halogenated alkanes) is 1. The molecule has 2 aromatic rings. The fourth-order valence-electron chi connectivity index (χ4n) is 3.11. The number of nitrogens with zero attached hydrogens (tertiary/aromatic N) is 1. The smallest absolute Gasteiger partial charge is 0.129 e. The summed E-state index contributed by atoms with van der Waals surface area (Å²) in [5, 5.41) is 7.84. The van der Waals surface area contributed by atoms with Gasteiger partial charge in [0, 0.05) is 11.1 Å². The van der Waals surface area contributed by atoms with Gasteiger partial charge in [-0.05, 0) is 76.0 Å².